The van der Waals surface area contributed by atoms with E-state index in [0.717, 1.165) is 4.31 Å². The Bertz CT molecular complexity index is 622. The summed E-state index contributed by atoms with van der Waals surface area (Å²) in [5, 5.41) is 8.96. The van der Waals surface area contributed by atoms with E-state index in [2.05, 4.69) is 15.9 Å². The molecule has 1 aromatic carbocycles. The third-order valence-corrected chi connectivity index (χ3v) is 5.44. The third kappa shape index (κ3) is 5.23. The minimum Gasteiger partial charge on any atom is -0.480 e. The van der Waals surface area contributed by atoms with Gasteiger partial charge < -0.3 is 10.0 Å². The molecule has 0 bridgehead atoms. The first-order valence-electron chi connectivity index (χ1n) is 5.96. The summed E-state index contributed by atoms with van der Waals surface area (Å²) >= 11 is 9.16. The second-order valence-electron chi connectivity index (χ2n) is 4.61. The molecule has 1 N–H and O–H groups in total. The lowest BCUT2D eigenvalue weighted by atomic mass is 10.4. The number of carboxylic acids is 1. The first-order chi connectivity index (χ1) is 9.64. The van der Waals surface area contributed by atoms with E-state index in [9.17, 15) is 13.2 Å². The number of hydrogen-bond acceptors (Lipinski definition) is 4. The second-order valence-corrected chi connectivity index (χ2v) is 7.84. The van der Waals surface area contributed by atoms with Crippen LogP contribution in [0.25, 0.3) is 0 Å². The van der Waals surface area contributed by atoms with Crippen LogP contribution in [0, 0.1) is 0 Å². The number of likely N-dealkylation sites (N-methyl/N-ethyl adjacent to an activating group) is 1. The summed E-state index contributed by atoms with van der Waals surface area (Å²) in [5.41, 5.74) is 0. The number of benzene rings is 1. The van der Waals surface area contributed by atoms with Gasteiger partial charge in [-0.1, -0.05) is 27.5 Å². The number of carboxylic acid groups (broad SMARTS) is 1. The van der Waals surface area contributed by atoms with Crippen LogP contribution in [0.5, 0.6) is 0 Å². The minimum absolute atomic E-state index is 0.0459. The average molecular weight is 400 g/mol. The van der Waals surface area contributed by atoms with Crippen LogP contribution in [-0.4, -0.2) is 62.4 Å². The van der Waals surface area contributed by atoms with Gasteiger partial charge in [-0.3, -0.25) is 4.79 Å². The van der Waals surface area contributed by atoms with Gasteiger partial charge in [-0.05, 0) is 32.3 Å². The predicted octanol–water partition coefficient (Wildman–Crippen LogP) is 1.74. The summed E-state index contributed by atoms with van der Waals surface area (Å²) in [5.74, 6) is -1.22. The molecule has 0 aliphatic heterocycles. The van der Waals surface area contributed by atoms with Crippen molar-refractivity contribution in [3.05, 3.63) is 27.7 Å². The predicted molar refractivity (Wildman–Crippen MR) is 84.1 cm³/mol. The van der Waals surface area contributed by atoms with E-state index in [4.69, 9.17) is 16.7 Å². The molecular formula is C12H16BrClN2O4S. The molecule has 9 heteroatoms. The van der Waals surface area contributed by atoms with E-state index in [1.54, 1.807) is 25.1 Å². The molecule has 118 valence electrons. The van der Waals surface area contributed by atoms with Crippen molar-refractivity contribution in [2.45, 2.75) is 4.90 Å². The summed E-state index contributed by atoms with van der Waals surface area (Å²) < 4.78 is 26.7. The standard InChI is InChI=1S/C12H16BrClN2O4S/c1-15(2)5-6-16(8-12(17)18)21(19,20)11-4-3-9(13)7-10(11)14/h3-4,7H,5-6,8H2,1-2H3,(H,17,18). The topological polar surface area (TPSA) is 77.9 Å². The van der Waals surface area contributed by atoms with Gasteiger partial charge in [0.15, 0.2) is 0 Å². The van der Waals surface area contributed by atoms with Gasteiger partial charge in [0.05, 0.1) is 5.02 Å². The first kappa shape index (κ1) is 18.4. The number of nitrogens with zero attached hydrogens (tertiary/aromatic N) is 2. The molecule has 6 nitrogen and oxygen atoms in total. The van der Waals surface area contributed by atoms with E-state index >= 15 is 0 Å². The van der Waals surface area contributed by atoms with Crippen LogP contribution >= 0.6 is 27.5 Å². The highest BCUT2D eigenvalue weighted by molar-refractivity contribution is 9.10. The summed E-state index contributed by atoms with van der Waals surface area (Å²) in [6.07, 6.45) is 0. The van der Waals surface area contributed by atoms with Gasteiger partial charge in [-0.25, -0.2) is 8.42 Å². The van der Waals surface area contributed by atoms with Crippen LogP contribution in [-0.2, 0) is 14.8 Å². The van der Waals surface area contributed by atoms with Gasteiger partial charge in [-0.2, -0.15) is 4.31 Å². The maximum atomic E-state index is 12.6. The van der Waals surface area contributed by atoms with E-state index < -0.39 is 22.5 Å². The van der Waals surface area contributed by atoms with Crippen LogP contribution in [0.1, 0.15) is 0 Å². The molecule has 0 heterocycles. The monoisotopic (exact) mass is 398 g/mol. The Kier molecular flexibility index (Phi) is 6.61. The average Bonchev–Trinajstić information content (AvgIpc) is 2.33. The highest BCUT2D eigenvalue weighted by atomic mass is 79.9. The van der Waals surface area contributed by atoms with Gasteiger partial charge in [0.2, 0.25) is 10.0 Å². The zero-order valence-electron chi connectivity index (χ0n) is 11.6. The Morgan fingerprint density at radius 1 is 1.33 bits per heavy atom. The number of carbonyl (C=O) groups is 1. The molecule has 0 radical (unpaired) electrons. The van der Waals surface area contributed by atoms with Crippen molar-refractivity contribution in [2.75, 3.05) is 33.7 Å². The van der Waals surface area contributed by atoms with E-state index in [1.807, 2.05) is 0 Å². The maximum absolute atomic E-state index is 12.6. The molecule has 0 saturated carbocycles. The number of aliphatic carboxylic acids is 1. The van der Waals surface area contributed by atoms with Crippen LogP contribution in [0.3, 0.4) is 0 Å². The van der Waals surface area contributed by atoms with E-state index in [-0.39, 0.29) is 16.5 Å². The highest BCUT2D eigenvalue weighted by Crippen LogP contribution is 2.27. The van der Waals surface area contributed by atoms with Crippen LogP contribution < -0.4 is 0 Å². The van der Waals surface area contributed by atoms with Crippen LogP contribution in [0.4, 0.5) is 0 Å². The second kappa shape index (κ2) is 7.55. The Labute approximate surface area is 137 Å². The van der Waals surface area contributed by atoms with Crippen molar-refractivity contribution in [3.63, 3.8) is 0 Å². The van der Waals surface area contributed by atoms with E-state index in [0.29, 0.717) is 11.0 Å². The molecule has 1 rings (SSSR count). The van der Waals surface area contributed by atoms with Crippen molar-refractivity contribution in [1.82, 2.24) is 9.21 Å². The number of sulfonamides is 1. The molecule has 0 aromatic heterocycles. The molecule has 0 atom stereocenters. The SMILES string of the molecule is CN(C)CCN(CC(=O)O)S(=O)(=O)c1ccc(Br)cc1Cl. The summed E-state index contributed by atoms with van der Waals surface area (Å²) in [7, 11) is -0.414. The fourth-order valence-corrected chi connectivity index (χ4v) is 3.96. The molecular weight excluding hydrogens is 384 g/mol. The fourth-order valence-electron chi connectivity index (χ4n) is 1.57. The lowest BCUT2D eigenvalue weighted by molar-refractivity contribution is -0.137. The quantitative estimate of drug-likeness (QED) is 0.755. The van der Waals surface area contributed by atoms with Gasteiger partial charge in [0, 0.05) is 17.6 Å². The summed E-state index contributed by atoms with van der Waals surface area (Å²) in [6.45, 7) is -0.142. The fraction of sp³-hybridized carbons (Fsp3) is 0.417. The third-order valence-electron chi connectivity index (χ3n) is 2.62. The number of rotatable bonds is 7. The van der Waals surface area contributed by atoms with Crippen molar-refractivity contribution in [2.24, 2.45) is 0 Å². The Balaban J connectivity index is 3.16. The molecule has 0 saturated heterocycles. The van der Waals surface area contributed by atoms with Crippen molar-refractivity contribution < 1.29 is 18.3 Å². The molecule has 0 aliphatic rings. The first-order valence-corrected chi connectivity index (χ1v) is 8.57. The van der Waals surface area contributed by atoms with Gasteiger partial charge >= 0.3 is 5.97 Å². The molecule has 0 spiro atoms. The van der Waals surface area contributed by atoms with Crippen molar-refractivity contribution in [1.29, 1.82) is 0 Å². The van der Waals surface area contributed by atoms with Crippen molar-refractivity contribution in [3.8, 4) is 0 Å². The van der Waals surface area contributed by atoms with Gasteiger partial charge in [0.25, 0.3) is 0 Å². The highest BCUT2D eigenvalue weighted by Gasteiger charge is 2.28. The zero-order valence-corrected chi connectivity index (χ0v) is 14.7. The lowest BCUT2D eigenvalue weighted by Crippen LogP contribution is -2.40. The summed E-state index contributed by atoms with van der Waals surface area (Å²) in [6, 6.07) is 4.36. The van der Waals surface area contributed by atoms with Gasteiger partial charge in [-0.15, -0.1) is 0 Å². The summed E-state index contributed by atoms with van der Waals surface area (Å²) in [4.78, 5) is 12.6. The molecule has 0 amide bonds. The molecule has 0 fully saturated rings. The normalized spacial score (nSPS) is 12.1. The molecule has 0 unspecified atom stereocenters. The molecule has 1 aromatic rings. The molecule has 21 heavy (non-hydrogen) atoms. The largest absolute Gasteiger partial charge is 0.480 e. The smallest absolute Gasteiger partial charge is 0.318 e. The minimum atomic E-state index is -3.97. The van der Waals surface area contributed by atoms with E-state index in [1.165, 1.54) is 12.1 Å². The van der Waals surface area contributed by atoms with Crippen LogP contribution in [0.2, 0.25) is 5.02 Å². The Morgan fingerprint density at radius 3 is 2.43 bits per heavy atom. The van der Waals surface area contributed by atoms with Crippen LogP contribution in [0.15, 0.2) is 27.6 Å². The number of hydrogen-bond donors (Lipinski definition) is 1. The Hall–Kier alpha value is -0.670. The van der Waals surface area contributed by atoms with Gasteiger partial charge in [0.1, 0.15) is 11.4 Å². The molecule has 0 aliphatic carbocycles. The zero-order chi connectivity index (χ0) is 16.2. The Morgan fingerprint density at radius 2 is 1.95 bits per heavy atom. The number of halogens is 2. The lowest BCUT2D eigenvalue weighted by Gasteiger charge is -2.22. The maximum Gasteiger partial charge on any atom is 0.318 e. The van der Waals surface area contributed by atoms with Crippen molar-refractivity contribution >= 4 is 43.5 Å².